The number of nitrogens with zero attached hydrogens (tertiary/aromatic N) is 1. The zero-order chi connectivity index (χ0) is 14.5. The van der Waals surface area contributed by atoms with Gasteiger partial charge in [0.05, 0.1) is 6.10 Å². The van der Waals surface area contributed by atoms with Gasteiger partial charge in [0.2, 0.25) is 5.91 Å². The summed E-state index contributed by atoms with van der Waals surface area (Å²) in [5, 5.41) is 10.3. The van der Waals surface area contributed by atoms with Crippen LogP contribution >= 0.6 is 15.9 Å². The molecule has 110 valence electrons. The standard InChI is InChI=1S/C15H21BrN2O2/c16-12-6-4-11(5-7-12)14(19)10-18-8-2-1-3-13(18)9-15(17)20/h4-7,13-14,19H,1-3,8-10H2,(H2,17,20)/t13-,14+/m0/s1. The average Bonchev–Trinajstić information content (AvgIpc) is 2.41. The Bertz CT molecular complexity index is 450. The number of aliphatic hydroxyl groups is 1. The van der Waals surface area contributed by atoms with E-state index in [1.807, 2.05) is 24.3 Å². The molecule has 0 bridgehead atoms. The number of primary amides is 1. The van der Waals surface area contributed by atoms with E-state index in [-0.39, 0.29) is 11.9 Å². The molecule has 5 heteroatoms. The fourth-order valence-corrected chi connectivity index (χ4v) is 3.04. The number of benzene rings is 1. The van der Waals surface area contributed by atoms with E-state index >= 15 is 0 Å². The molecule has 1 aromatic rings. The highest BCUT2D eigenvalue weighted by molar-refractivity contribution is 9.10. The predicted octanol–water partition coefficient (Wildman–Crippen LogP) is 2.21. The molecule has 2 rings (SSSR count). The maximum absolute atomic E-state index is 11.1. The number of aliphatic hydroxyl groups excluding tert-OH is 1. The highest BCUT2D eigenvalue weighted by Crippen LogP contribution is 2.24. The summed E-state index contributed by atoms with van der Waals surface area (Å²) in [6.45, 7) is 1.48. The molecule has 0 aromatic heterocycles. The summed E-state index contributed by atoms with van der Waals surface area (Å²) in [4.78, 5) is 13.3. The number of hydrogen-bond acceptors (Lipinski definition) is 3. The molecule has 0 radical (unpaired) electrons. The molecule has 1 aromatic carbocycles. The first-order valence-electron chi connectivity index (χ1n) is 7.02. The van der Waals surface area contributed by atoms with Crippen LogP contribution < -0.4 is 5.73 Å². The molecule has 20 heavy (non-hydrogen) atoms. The monoisotopic (exact) mass is 340 g/mol. The summed E-state index contributed by atoms with van der Waals surface area (Å²) >= 11 is 3.39. The van der Waals surface area contributed by atoms with Crippen LogP contribution in [0.3, 0.4) is 0 Å². The topological polar surface area (TPSA) is 66.6 Å². The Morgan fingerprint density at radius 3 is 2.75 bits per heavy atom. The minimum atomic E-state index is -0.531. The Balaban J connectivity index is 1.98. The second-order valence-corrected chi connectivity index (χ2v) is 6.30. The van der Waals surface area contributed by atoms with Crippen molar-refractivity contribution in [3.63, 3.8) is 0 Å². The van der Waals surface area contributed by atoms with Crippen molar-refractivity contribution in [2.45, 2.75) is 37.8 Å². The van der Waals surface area contributed by atoms with E-state index in [4.69, 9.17) is 5.73 Å². The van der Waals surface area contributed by atoms with E-state index in [9.17, 15) is 9.90 Å². The first-order valence-corrected chi connectivity index (χ1v) is 7.81. The number of hydrogen-bond donors (Lipinski definition) is 2. The highest BCUT2D eigenvalue weighted by atomic mass is 79.9. The average molecular weight is 341 g/mol. The van der Waals surface area contributed by atoms with E-state index in [1.54, 1.807) is 0 Å². The molecule has 4 nitrogen and oxygen atoms in total. The number of halogens is 1. The molecule has 0 aliphatic carbocycles. The third-order valence-corrected chi connectivity index (χ3v) is 4.38. The van der Waals surface area contributed by atoms with Gasteiger partial charge >= 0.3 is 0 Å². The van der Waals surface area contributed by atoms with Gasteiger partial charge in [0.1, 0.15) is 0 Å². The van der Waals surface area contributed by atoms with Crippen LogP contribution in [0.25, 0.3) is 0 Å². The number of β-amino-alcohol motifs (C(OH)–C–C–N with tert-alkyl or cyclic N) is 1. The van der Waals surface area contributed by atoms with Crippen LogP contribution in [0.4, 0.5) is 0 Å². The minimum Gasteiger partial charge on any atom is -0.387 e. The van der Waals surface area contributed by atoms with Crippen molar-refractivity contribution in [3.8, 4) is 0 Å². The Kier molecular flexibility index (Phi) is 5.57. The third kappa shape index (κ3) is 4.30. The van der Waals surface area contributed by atoms with Crippen molar-refractivity contribution >= 4 is 21.8 Å². The number of carbonyl (C=O) groups excluding carboxylic acids is 1. The molecular weight excluding hydrogens is 320 g/mol. The van der Waals surface area contributed by atoms with Gasteiger partial charge in [-0.3, -0.25) is 9.69 Å². The molecule has 1 heterocycles. The van der Waals surface area contributed by atoms with Gasteiger partial charge < -0.3 is 10.8 Å². The second-order valence-electron chi connectivity index (χ2n) is 5.38. The number of nitrogens with two attached hydrogens (primary N) is 1. The van der Waals surface area contributed by atoms with Gasteiger partial charge in [-0.2, -0.15) is 0 Å². The van der Waals surface area contributed by atoms with Gasteiger partial charge in [0, 0.05) is 23.5 Å². The van der Waals surface area contributed by atoms with Crippen LogP contribution in [0.5, 0.6) is 0 Å². The normalized spacial score (nSPS) is 21.6. The van der Waals surface area contributed by atoms with Crippen molar-refractivity contribution < 1.29 is 9.90 Å². The van der Waals surface area contributed by atoms with Crippen molar-refractivity contribution in [2.24, 2.45) is 5.73 Å². The zero-order valence-electron chi connectivity index (χ0n) is 11.5. The van der Waals surface area contributed by atoms with Crippen molar-refractivity contribution in [3.05, 3.63) is 34.3 Å². The number of rotatable bonds is 5. The summed E-state index contributed by atoms with van der Waals surface area (Å²) in [6.07, 6.45) is 3.07. The van der Waals surface area contributed by atoms with E-state index in [0.29, 0.717) is 13.0 Å². The van der Waals surface area contributed by atoms with Crippen LogP contribution in [-0.2, 0) is 4.79 Å². The maximum Gasteiger partial charge on any atom is 0.218 e. The second kappa shape index (κ2) is 7.20. The largest absolute Gasteiger partial charge is 0.387 e. The van der Waals surface area contributed by atoms with Gasteiger partial charge in [-0.25, -0.2) is 0 Å². The summed E-state index contributed by atoms with van der Waals surface area (Å²) in [6, 6.07) is 7.86. The summed E-state index contributed by atoms with van der Waals surface area (Å²) in [7, 11) is 0. The van der Waals surface area contributed by atoms with Gasteiger partial charge in [0.15, 0.2) is 0 Å². The molecule has 0 saturated carbocycles. The smallest absolute Gasteiger partial charge is 0.218 e. The van der Waals surface area contributed by atoms with E-state index in [0.717, 1.165) is 35.8 Å². The van der Waals surface area contributed by atoms with Crippen LogP contribution in [-0.4, -0.2) is 35.0 Å². The Labute approximate surface area is 128 Å². The van der Waals surface area contributed by atoms with Gasteiger partial charge in [-0.05, 0) is 37.1 Å². The van der Waals surface area contributed by atoms with Crippen LogP contribution in [0, 0.1) is 0 Å². The predicted molar refractivity (Wildman–Crippen MR) is 82.1 cm³/mol. The van der Waals surface area contributed by atoms with E-state index < -0.39 is 6.10 Å². The lowest BCUT2D eigenvalue weighted by Crippen LogP contribution is -2.43. The summed E-state index contributed by atoms with van der Waals surface area (Å²) in [5.41, 5.74) is 6.21. The third-order valence-electron chi connectivity index (χ3n) is 3.85. The van der Waals surface area contributed by atoms with Gasteiger partial charge in [-0.15, -0.1) is 0 Å². The first-order chi connectivity index (χ1) is 9.56. The van der Waals surface area contributed by atoms with Crippen LogP contribution in [0.1, 0.15) is 37.4 Å². The lowest BCUT2D eigenvalue weighted by atomic mass is 9.97. The molecule has 1 aliphatic heterocycles. The Morgan fingerprint density at radius 1 is 1.40 bits per heavy atom. The molecule has 1 amide bonds. The number of carbonyl (C=O) groups is 1. The zero-order valence-corrected chi connectivity index (χ0v) is 13.1. The van der Waals surface area contributed by atoms with Crippen LogP contribution in [0.15, 0.2) is 28.7 Å². The number of piperidine rings is 1. The maximum atomic E-state index is 11.1. The molecule has 1 fully saturated rings. The molecule has 1 aliphatic rings. The fraction of sp³-hybridized carbons (Fsp3) is 0.533. The highest BCUT2D eigenvalue weighted by Gasteiger charge is 2.25. The van der Waals surface area contributed by atoms with Crippen molar-refractivity contribution in [1.82, 2.24) is 4.90 Å². The van der Waals surface area contributed by atoms with E-state index in [2.05, 4.69) is 20.8 Å². The summed E-state index contributed by atoms with van der Waals surface area (Å²) in [5.74, 6) is -0.264. The molecular formula is C15H21BrN2O2. The number of amides is 1. The van der Waals surface area contributed by atoms with Crippen molar-refractivity contribution in [1.29, 1.82) is 0 Å². The van der Waals surface area contributed by atoms with Gasteiger partial charge in [0.25, 0.3) is 0 Å². The SMILES string of the molecule is NC(=O)C[C@@H]1CCCCN1C[C@@H](O)c1ccc(Br)cc1. The lowest BCUT2D eigenvalue weighted by molar-refractivity contribution is -0.119. The fourth-order valence-electron chi connectivity index (χ4n) is 2.78. The summed E-state index contributed by atoms with van der Waals surface area (Å²) < 4.78 is 0.998. The molecule has 2 atom stereocenters. The Morgan fingerprint density at radius 2 is 2.10 bits per heavy atom. The molecule has 0 spiro atoms. The van der Waals surface area contributed by atoms with Crippen molar-refractivity contribution in [2.75, 3.05) is 13.1 Å². The van der Waals surface area contributed by atoms with E-state index in [1.165, 1.54) is 0 Å². The van der Waals surface area contributed by atoms with Crippen LogP contribution in [0.2, 0.25) is 0 Å². The Hall–Kier alpha value is -0.910. The minimum absolute atomic E-state index is 0.173. The lowest BCUT2D eigenvalue weighted by Gasteiger charge is -2.36. The molecule has 0 unspecified atom stereocenters. The number of likely N-dealkylation sites (tertiary alicyclic amines) is 1. The molecule has 3 N–H and O–H groups in total. The first kappa shape index (κ1) is 15.5. The molecule has 1 saturated heterocycles. The van der Waals surface area contributed by atoms with Gasteiger partial charge in [-0.1, -0.05) is 34.5 Å². The quantitative estimate of drug-likeness (QED) is 0.863.